The van der Waals surface area contributed by atoms with Gasteiger partial charge in [-0.05, 0) is 54.8 Å². The fourth-order valence-electron chi connectivity index (χ4n) is 4.73. The molecule has 8 nitrogen and oxygen atoms in total. The molecule has 4 aromatic carbocycles. The van der Waals surface area contributed by atoms with Crippen molar-refractivity contribution in [2.24, 2.45) is 0 Å². The lowest BCUT2D eigenvalue weighted by molar-refractivity contribution is -0.113. The Morgan fingerprint density at radius 3 is 2.21 bits per heavy atom. The number of aromatic nitrogens is 3. The van der Waals surface area contributed by atoms with Gasteiger partial charge in [-0.1, -0.05) is 60.3 Å². The predicted molar refractivity (Wildman–Crippen MR) is 152 cm³/mol. The molecule has 192 valence electrons. The molecule has 0 unspecified atom stereocenters. The summed E-state index contributed by atoms with van der Waals surface area (Å²) in [7, 11) is 0. The summed E-state index contributed by atoms with van der Waals surface area (Å²) < 4.78 is 1.94. The van der Waals surface area contributed by atoms with Crippen molar-refractivity contribution in [3.63, 3.8) is 0 Å². The van der Waals surface area contributed by atoms with Crippen molar-refractivity contribution in [1.29, 1.82) is 0 Å². The van der Waals surface area contributed by atoms with Gasteiger partial charge in [0.15, 0.2) is 11.0 Å². The van der Waals surface area contributed by atoms with Gasteiger partial charge in [0.1, 0.15) is 0 Å². The van der Waals surface area contributed by atoms with Gasteiger partial charge in [0.25, 0.3) is 11.8 Å². The normalized spacial score (nSPS) is 12.7. The van der Waals surface area contributed by atoms with Crippen molar-refractivity contribution in [2.75, 3.05) is 16.0 Å². The van der Waals surface area contributed by atoms with E-state index in [2.05, 4.69) is 15.5 Å². The van der Waals surface area contributed by atoms with E-state index >= 15 is 0 Å². The average molecular weight is 534 g/mol. The summed E-state index contributed by atoms with van der Waals surface area (Å²) in [6.45, 7) is 2.59. The van der Waals surface area contributed by atoms with Crippen LogP contribution in [0.2, 0.25) is 0 Å². The minimum atomic E-state index is -0.333. The van der Waals surface area contributed by atoms with E-state index in [1.165, 1.54) is 16.7 Å². The molecular weight excluding hydrogens is 510 g/mol. The molecule has 1 aromatic heterocycles. The van der Waals surface area contributed by atoms with E-state index < -0.39 is 0 Å². The Kier molecular flexibility index (Phi) is 6.42. The topological polar surface area (TPSA) is 97.2 Å². The molecule has 1 aliphatic heterocycles. The fraction of sp³-hybridized carbons (Fsp3) is 0.100. The van der Waals surface area contributed by atoms with Crippen LogP contribution in [0.3, 0.4) is 0 Å². The molecule has 39 heavy (non-hydrogen) atoms. The maximum atomic E-state index is 12.8. The quantitative estimate of drug-likeness (QED) is 0.215. The lowest BCUT2D eigenvalue weighted by Crippen LogP contribution is -2.29. The number of anilines is 2. The molecular formula is C30H23N5O3S. The SMILES string of the molecule is CCn1c(SCC(=O)Nc2cccc3ccccc23)nnc1-c1ccc(N2C(=O)c3ccccc3C2=O)cc1. The summed E-state index contributed by atoms with van der Waals surface area (Å²) in [6.07, 6.45) is 0. The summed E-state index contributed by atoms with van der Waals surface area (Å²) in [5.74, 6) is 0.0262. The van der Waals surface area contributed by atoms with Crippen LogP contribution in [0.15, 0.2) is 96.2 Å². The van der Waals surface area contributed by atoms with E-state index in [-0.39, 0.29) is 23.5 Å². The van der Waals surface area contributed by atoms with Gasteiger partial charge in [-0.15, -0.1) is 10.2 Å². The minimum absolute atomic E-state index is 0.131. The van der Waals surface area contributed by atoms with E-state index in [1.807, 2.05) is 66.1 Å². The molecule has 0 atom stereocenters. The Labute approximate surface area is 228 Å². The fourth-order valence-corrected chi connectivity index (χ4v) is 5.53. The van der Waals surface area contributed by atoms with Crippen LogP contribution in [-0.2, 0) is 11.3 Å². The monoisotopic (exact) mass is 533 g/mol. The van der Waals surface area contributed by atoms with Crippen molar-refractivity contribution in [3.05, 3.63) is 102 Å². The number of imide groups is 1. The molecule has 3 amide bonds. The molecule has 2 heterocycles. The van der Waals surface area contributed by atoms with Crippen molar-refractivity contribution < 1.29 is 14.4 Å². The Hall–Kier alpha value is -4.76. The highest BCUT2D eigenvalue weighted by Gasteiger charge is 2.36. The third-order valence-corrected chi connectivity index (χ3v) is 7.57. The van der Waals surface area contributed by atoms with Crippen molar-refractivity contribution in [2.45, 2.75) is 18.6 Å². The highest BCUT2D eigenvalue weighted by atomic mass is 32.2. The first-order chi connectivity index (χ1) is 19.0. The van der Waals surface area contributed by atoms with E-state index in [0.29, 0.717) is 34.3 Å². The summed E-state index contributed by atoms with van der Waals surface area (Å²) in [4.78, 5) is 39.6. The van der Waals surface area contributed by atoms with Gasteiger partial charge in [-0.2, -0.15) is 0 Å². The molecule has 0 saturated heterocycles. The molecule has 1 aliphatic rings. The van der Waals surface area contributed by atoms with Gasteiger partial charge in [-0.25, -0.2) is 4.90 Å². The minimum Gasteiger partial charge on any atom is -0.325 e. The molecule has 0 bridgehead atoms. The van der Waals surface area contributed by atoms with Crippen LogP contribution in [0.5, 0.6) is 0 Å². The number of amides is 3. The zero-order chi connectivity index (χ0) is 26.9. The van der Waals surface area contributed by atoms with Crippen LogP contribution in [0, 0.1) is 0 Å². The smallest absolute Gasteiger partial charge is 0.266 e. The highest BCUT2D eigenvalue weighted by molar-refractivity contribution is 7.99. The van der Waals surface area contributed by atoms with Crippen molar-refractivity contribution in [3.8, 4) is 11.4 Å². The number of hydrogen-bond acceptors (Lipinski definition) is 6. The Morgan fingerprint density at radius 1 is 0.821 bits per heavy atom. The third kappa shape index (κ3) is 4.46. The lowest BCUT2D eigenvalue weighted by Gasteiger charge is -2.14. The van der Waals surface area contributed by atoms with E-state index in [9.17, 15) is 14.4 Å². The number of nitrogens with one attached hydrogen (secondary N) is 1. The van der Waals surface area contributed by atoms with Crippen LogP contribution in [-0.4, -0.2) is 38.2 Å². The lowest BCUT2D eigenvalue weighted by atomic mass is 10.1. The second kappa shape index (κ2) is 10.2. The molecule has 9 heteroatoms. The number of rotatable bonds is 7. The first-order valence-electron chi connectivity index (χ1n) is 12.5. The first kappa shape index (κ1) is 24.6. The maximum absolute atomic E-state index is 12.8. The molecule has 0 radical (unpaired) electrons. The number of fused-ring (bicyclic) bond motifs is 2. The second-order valence-corrected chi connectivity index (χ2v) is 9.89. The summed E-state index contributed by atoms with van der Waals surface area (Å²) in [5, 5.41) is 14.4. The van der Waals surface area contributed by atoms with Crippen LogP contribution in [0.25, 0.3) is 22.2 Å². The van der Waals surface area contributed by atoms with Gasteiger partial charge in [0.05, 0.1) is 22.6 Å². The number of thioether (sulfide) groups is 1. The molecule has 1 N–H and O–H groups in total. The number of carbonyl (C=O) groups excluding carboxylic acids is 3. The zero-order valence-corrected chi connectivity index (χ0v) is 21.8. The number of nitrogens with zero attached hydrogens (tertiary/aromatic N) is 4. The van der Waals surface area contributed by atoms with Gasteiger partial charge in [0, 0.05) is 23.2 Å². The molecule has 0 spiro atoms. The van der Waals surface area contributed by atoms with Crippen molar-refractivity contribution >= 4 is 51.6 Å². The largest absolute Gasteiger partial charge is 0.325 e. The molecule has 6 rings (SSSR count). The molecule has 0 fully saturated rings. The van der Waals surface area contributed by atoms with Gasteiger partial charge in [-0.3, -0.25) is 14.4 Å². The third-order valence-electron chi connectivity index (χ3n) is 6.61. The highest BCUT2D eigenvalue weighted by Crippen LogP contribution is 2.31. The standard InChI is InChI=1S/C30H23N5O3S/c1-2-34-27(20-14-16-21(17-15-20)35-28(37)23-11-5-6-12-24(23)29(35)38)32-33-30(34)39-18-26(36)31-25-13-7-9-19-8-3-4-10-22(19)25/h3-17H,2,18H2,1H3,(H,31,36). The van der Waals surface area contributed by atoms with E-state index in [0.717, 1.165) is 22.0 Å². The summed E-state index contributed by atoms with van der Waals surface area (Å²) >= 11 is 1.32. The Balaban J connectivity index is 1.16. The first-order valence-corrected chi connectivity index (χ1v) is 13.5. The van der Waals surface area contributed by atoms with Crippen LogP contribution in [0.1, 0.15) is 27.6 Å². The summed E-state index contributed by atoms with van der Waals surface area (Å²) in [6, 6.07) is 27.7. The number of carbonyl (C=O) groups is 3. The van der Waals surface area contributed by atoms with Crippen LogP contribution in [0.4, 0.5) is 11.4 Å². The number of benzene rings is 4. The Bertz CT molecular complexity index is 1710. The van der Waals surface area contributed by atoms with E-state index in [4.69, 9.17) is 0 Å². The predicted octanol–water partition coefficient (Wildman–Crippen LogP) is 5.65. The number of hydrogen-bond donors (Lipinski definition) is 1. The Morgan fingerprint density at radius 2 is 1.49 bits per heavy atom. The maximum Gasteiger partial charge on any atom is 0.266 e. The van der Waals surface area contributed by atoms with Gasteiger partial charge < -0.3 is 9.88 Å². The van der Waals surface area contributed by atoms with Crippen LogP contribution < -0.4 is 10.2 Å². The molecule has 0 aliphatic carbocycles. The van der Waals surface area contributed by atoms with Crippen molar-refractivity contribution in [1.82, 2.24) is 14.8 Å². The van der Waals surface area contributed by atoms with E-state index in [1.54, 1.807) is 36.4 Å². The van der Waals surface area contributed by atoms with Crippen LogP contribution >= 0.6 is 11.8 Å². The van der Waals surface area contributed by atoms with Gasteiger partial charge in [0.2, 0.25) is 5.91 Å². The summed E-state index contributed by atoms with van der Waals surface area (Å²) in [5.41, 5.74) is 2.87. The molecule has 0 saturated carbocycles. The molecule has 5 aromatic rings. The average Bonchev–Trinajstić information content (AvgIpc) is 3.50. The zero-order valence-electron chi connectivity index (χ0n) is 21.0. The van der Waals surface area contributed by atoms with Gasteiger partial charge >= 0.3 is 0 Å². The second-order valence-electron chi connectivity index (χ2n) is 8.95.